The van der Waals surface area contributed by atoms with Crippen LogP contribution in [0.3, 0.4) is 0 Å². The molecule has 0 bridgehead atoms. The molecule has 0 spiro atoms. The predicted molar refractivity (Wildman–Crippen MR) is 112 cm³/mol. The van der Waals surface area contributed by atoms with Crippen LogP contribution < -0.4 is 4.74 Å². The molecule has 0 aromatic heterocycles. The number of ether oxygens (including phenoxy) is 2. The lowest BCUT2D eigenvalue weighted by Crippen LogP contribution is -2.50. The van der Waals surface area contributed by atoms with Crippen LogP contribution in [0.1, 0.15) is 44.6 Å². The van der Waals surface area contributed by atoms with Crippen LogP contribution in [0.4, 0.5) is 4.79 Å². The largest absolute Gasteiger partial charge is 0.504 e. The van der Waals surface area contributed by atoms with Gasteiger partial charge in [-0.05, 0) is 37.0 Å². The molecule has 3 rings (SSSR count). The highest BCUT2D eigenvalue weighted by atomic mass is 79.9. The van der Waals surface area contributed by atoms with Crippen molar-refractivity contribution in [2.24, 2.45) is 0 Å². The molecule has 0 aliphatic carbocycles. The molecule has 0 saturated carbocycles. The molecular formula is C21H29BrN2O5. The number of halogens is 1. The molecule has 2 fully saturated rings. The van der Waals surface area contributed by atoms with E-state index >= 15 is 0 Å². The maximum absolute atomic E-state index is 12.8. The van der Waals surface area contributed by atoms with Gasteiger partial charge in [-0.25, -0.2) is 4.79 Å². The molecule has 2 saturated heterocycles. The molecule has 2 aliphatic heterocycles. The first-order chi connectivity index (χ1) is 13.9. The monoisotopic (exact) mass is 468 g/mol. The van der Waals surface area contributed by atoms with E-state index in [1.807, 2.05) is 9.80 Å². The van der Waals surface area contributed by atoms with E-state index in [0.717, 1.165) is 37.7 Å². The molecule has 1 unspecified atom stereocenters. The highest BCUT2D eigenvalue weighted by molar-refractivity contribution is 9.10. The second kappa shape index (κ2) is 9.69. The highest BCUT2D eigenvalue weighted by Gasteiger charge is 2.39. The minimum Gasteiger partial charge on any atom is -0.504 e. The summed E-state index contributed by atoms with van der Waals surface area (Å²) in [6.45, 7) is 3.88. The standard InChI is InChI=1S/C21H29BrN2O5/c1-3-4-5-16-13-29-21(27)24(16)15-6-8-23(9-7-15)20(26)11-14-10-19(28-2)18(25)12-17(14)22/h10,12,15-16,25H,3-9,11,13H2,1-2H3. The van der Waals surface area contributed by atoms with Gasteiger partial charge in [0.1, 0.15) is 6.61 Å². The fourth-order valence-electron chi connectivity index (χ4n) is 4.13. The number of rotatable bonds is 7. The van der Waals surface area contributed by atoms with E-state index in [2.05, 4.69) is 22.9 Å². The van der Waals surface area contributed by atoms with E-state index in [1.54, 1.807) is 12.1 Å². The number of piperidine rings is 1. The van der Waals surface area contributed by atoms with Crippen molar-refractivity contribution in [3.05, 3.63) is 22.2 Å². The lowest BCUT2D eigenvalue weighted by molar-refractivity contribution is -0.131. The Labute approximate surface area is 180 Å². The van der Waals surface area contributed by atoms with E-state index < -0.39 is 0 Å². The number of nitrogens with zero attached hydrogens (tertiary/aromatic N) is 2. The van der Waals surface area contributed by atoms with E-state index in [4.69, 9.17) is 9.47 Å². The van der Waals surface area contributed by atoms with Crippen molar-refractivity contribution in [1.29, 1.82) is 0 Å². The predicted octanol–water partition coefficient (Wildman–Crippen LogP) is 3.71. The van der Waals surface area contributed by atoms with Crippen LogP contribution in [0.2, 0.25) is 0 Å². The van der Waals surface area contributed by atoms with Gasteiger partial charge in [-0.15, -0.1) is 0 Å². The van der Waals surface area contributed by atoms with Crippen molar-refractivity contribution in [2.75, 3.05) is 26.8 Å². The number of benzene rings is 1. The van der Waals surface area contributed by atoms with Crippen molar-refractivity contribution in [3.8, 4) is 11.5 Å². The molecule has 1 N–H and O–H groups in total. The number of cyclic esters (lactones) is 1. The van der Waals surface area contributed by atoms with E-state index in [1.165, 1.54) is 7.11 Å². The topological polar surface area (TPSA) is 79.3 Å². The number of hydrogen-bond donors (Lipinski definition) is 1. The summed E-state index contributed by atoms with van der Waals surface area (Å²) < 4.78 is 11.1. The molecule has 7 nitrogen and oxygen atoms in total. The van der Waals surface area contributed by atoms with E-state index in [9.17, 15) is 14.7 Å². The maximum atomic E-state index is 12.8. The van der Waals surface area contributed by atoms with Gasteiger partial charge in [0, 0.05) is 23.6 Å². The van der Waals surface area contributed by atoms with Crippen molar-refractivity contribution < 1.29 is 24.2 Å². The fourth-order valence-corrected chi connectivity index (χ4v) is 4.60. The third-order valence-electron chi connectivity index (χ3n) is 5.79. The summed E-state index contributed by atoms with van der Waals surface area (Å²) in [4.78, 5) is 28.8. The van der Waals surface area contributed by atoms with Gasteiger partial charge < -0.3 is 19.5 Å². The molecule has 2 amide bonds. The fraction of sp³-hybridized carbons (Fsp3) is 0.619. The van der Waals surface area contributed by atoms with Gasteiger partial charge in [-0.1, -0.05) is 35.7 Å². The molecule has 8 heteroatoms. The van der Waals surface area contributed by atoms with Crippen molar-refractivity contribution >= 4 is 27.9 Å². The summed E-state index contributed by atoms with van der Waals surface area (Å²) in [6.07, 6.45) is 4.71. The molecule has 1 aromatic rings. The number of hydrogen-bond acceptors (Lipinski definition) is 5. The maximum Gasteiger partial charge on any atom is 0.410 e. The van der Waals surface area contributed by atoms with Crippen molar-refractivity contribution in [1.82, 2.24) is 9.80 Å². The zero-order chi connectivity index (χ0) is 21.0. The van der Waals surface area contributed by atoms with Gasteiger partial charge in [0.2, 0.25) is 5.91 Å². The molecule has 29 heavy (non-hydrogen) atoms. The smallest absolute Gasteiger partial charge is 0.410 e. The number of aromatic hydroxyl groups is 1. The van der Waals surface area contributed by atoms with Gasteiger partial charge in [-0.2, -0.15) is 0 Å². The summed E-state index contributed by atoms with van der Waals surface area (Å²) in [5.74, 6) is 0.412. The number of carbonyl (C=O) groups excluding carboxylic acids is 2. The number of phenols is 1. The Morgan fingerprint density at radius 3 is 2.72 bits per heavy atom. The van der Waals surface area contributed by atoms with Gasteiger partial charge in [0.25, 0.3) is 0 Å². The molecule has 0 radical (unpaired) electrons. The van der Waals surface area contributed by atoms with Crippen LogP contribution in [0, 0.1) is 0 Å². The average molecular weight is 469 g/mol. The lowest BCUT2D eigenvalue weighted by atomic mass is 9.99. The number of methoxy groups -OCH3 is 1. The van der Waals surface area contributed by atoms with Crippen molar-refractivity contribution in [2.45, 2.75) is 57.5 Å². The normalized spacial score (nSPS) is 20.1. The summed E-state index contributed by atoms with van der Waals surface area (Å²) >= 11 is 3.41. The second-order valence-corrected chi connectivity index (χ2v) is 8.54. The first kappa shape index (κ1) is 21.7. The Bertz CT molecular complexity index is 749. The van der Waals surface area contributed by atoms with Crippen LogP contribution >= 0.6 is 15.9 Å². The number of unbranched alkanes of at least 4 members (excludes halogenated alkanes) is 1. The third kappa shape index (κ3) is 4.97. The number of phenolic OH excluding ortho intramolecular Hbond substituents is 1. The Kier molecular flexibility index (Phi) is 7.27. The minimum atomic E-state index is -0.212. The van der Waals surface area contributed by atoms with Crippen LogP contribution in [0.5, 0.6) is 11.5 Å². The van der Waals surface area contributed by atoms with E-state index in [-0.39, 0.29) is 36.3 Å². The van der Waals surface area contributed by atoms with E-state index in [0.29, 0.717) is 29.9 Å². The number of carbonyl (C=O) groups is 2. The molecule has 160 valence electrons. The zero-order valence-electron chi connectivity index (χ0n) is 17.0. The van der Waals surface area contributed by atoms with Gasteiger partial charge in [-0.3, -0.25) is 9.69 Å². The molecular weight excluding hydrogens is 440 g/mol. The number of amides is 2. The average Bonchev–Trinajstić information content (AvgIpc) is 3.08. The van der Waals surface area contributed by atoms with Crippen LogP contribution in [-0.4, -0.2) is 65.8 Å². The minimum absolute atomic E-state index is 0.0309. The molecule has 2 aliphatic rings. The first-order valence-corrected chi connectivity index (χ1v) is 11.0. The third-order valence-corrected chi connectivity index (χ3v) is 6.53. The Morgan fingerprint density at radius 1 is 1.34 bits per heavy atom. The Balaban J connectivity index is 1.58. The summed E-state index contributed by atoms with van der Waals surface area (Å²) in [7, 11) is 1.48. The Hall–Kier alpha value is -1.96. The van der Waals surface area contributed by atoms with Gasteiger partial charge in [0.05, 0.1) is 19.6 Å². The van der Waals surface area contributed by atoms with Crippen LogP contribution in [0.25, 0.3) is 0 Å². The summed E-state index contributed by atoms with van der Waals surface area (Å²) in [6, 6.07) is 3.53. The SMILES string of the molecule is CCCCC1COC(=O)N1C1CCN(C(=O)Cc2cc(OC)c(O)cc2Br)CC1. The summed E-state index contributed by atoms with van der Waals surface area (Å²) in [5.41, 5.74) is 0.773. The highest BCUT2D eigenvalue weighted by Crippen LogP contribution is 2.33. The molecule has 1 aromatic carbocycles. The molecule has 2 heterocycles. The quantitative estimate of drug-likeness (QED) is 0.659. The molecule has 1 atom stereocenters. The summed E-state index contributed by atoms with van der Waals surface area (Å²) in [5, 5.41) is 9.84. The lowest BCUT2D eigenvalue weighted by Gasteiger charge is -2.38. The van der Waals surface area contributed by atoms with Gasteiger partial charge >= 0.3 is 6.09 Å². The Morgan fingerprint density at radius 2 is 2.07 bits per heavy atom. The van der Waals surface area contributed by atoms with Crippen molar-refractivity contribution in [3.63, 3.8) is 0 Å². The number of likely N-dealkylation sites (tertiary alicyclic amines) is 1. The van der Waals surface area contributed by atoms with Gasteiger partial charge in [0.15, 0.2) is 11.5 Å². The second-order valence-electron chi connectivity index (χ2n) is 7.68. The zero-order valence-corrected chi connectivity index (χ0v) is 18.6. The van der Waals surface area contributed by atoms with Crippen LogP contribution in [0.15, 0.2) is 16.6 Å². The first-order valence-electron chi connectivity index (χ1n) is 10.2. The van der Waals surface area contributed by atoms with Crippen LogP contribution in [-0.2, 0) is 16.0 Å².